The van der Waals surface area contributed by atoms with Gasteiger partial charge >= 0.3 is 0 Å². The third-order valence-electron chi connectivity index (χ3n) is 2.74. The second-order valence-corrected chi connectivity index (χ2v) is 4.09. The van der Waals surface area contributed by atoms with E-state index in [0.717, 1.165) is 0 Å². The van der Waals surface area contributed by atoms with E-state index in [2.05, 4.69) is 15.4 Å². The van der Waals surface area contributed by atoms with Crippen LogP contribution in [-0.2, 0) is 0 Å². The van der Waals surface area contributed by atoms with E-state index in [-0.39, 0.29) is 19.1 Å². The van der Waals surface area contributed by atoms with Gasteiger partial charge in [-0.25, -0.2) is 19.6 Å². The van der Waals surface area contributed by atoms with Crippen molar-refractivity contribution in [2.75, 3.05) is 30.0 Å². The average Bonchev–Trinajstić information content (AvgIpc) is 2.45. The zero-order valence-electron chi connectivity index (χ0n) is 10.6. The van der Waals surface area contributed by atoms with Crippen molar-refractivity contribution in [2.45, 2.75) is 6.43 Å². The maximum Gasteiger partial charge on any atom is 0.255 e. The molecule has 1 aromatic carbocycles. The molecular formula is C12H15F2N5O. The van der Waals surface area contributed by atoms with E-state index < -0.39 is 13.0 Å². The summed E-state index contributed by atoms with van der Waals surface area (Å²) in [5, 5.41) is 9.66. The van der Waals surface area contributed by atoms with Crippen LogP contribution in [0, 0.1) is 0 Å². The molecule has 2 rings (SSSR count). The Morgan fingerprint density at radius 2 is 2.05 bits per heavy atom. The van der Waals surface area contributed by atoms with Crippen molar-refractivity contribution < 1.29 is 13.9 Å². The van der Waals surface area contributed by atoms with Gasteiger partial charge in [-0.05, 0) is 12.1 Å². The Hall–Kier alpha value is -2.06. The summed E-state index contributed by atoms with van der Waals surface area (Å²) in [6.07, 6.45) is -2.54. The minimum absolute atomic E-state index is 0.0510. The number of benzene rings is 1. The molecule has 0 fully saturated rings. The van der Waals surface area contributed by atoms with Crippen LogP contribution in [0.5, 0.6) is 0 Å². The SMILES string of the molecule is NNc1nc(N(CCO)CC(F)F)c2ccccc2n1. The van der Waals surface area contributed by atoms with Crippen LogP contribution in [0.1, 0.15) is 0 Å². The molecule has 6 nitrogen and oxygen atoms in total. The second kappa shape index (κ2) is 6.40. The summed E-state index contributed by atoms with van der Waals surface area (Å²) in [6.45, 7) is -0.725. The number of nitrogens with two attached hydrogens (primary N) is 1. The molecule has 1 aromatic heterocycles. The maximum absolute atomic E-state index is 12.7. The Labute approximate surface area is 114 Å². The molecule has 2 aromatic rings. The van der Waals surface area contributed by atoms with Crippen molar-refractivity contribution in [1.82, 2.24) is 9.97 Å². The van der Waals surface area contributed by atoms with Gasteiger partial charge in [-0.2, -0.15) is 4.98 Å². The van der Waals surface area contributed by atoms with Crippen LogP contribution >= 0.6 is 0 Å². The molecule has 0 saturated carbocycles. The molecule has 0 aliphatic carbocycles. The van der Waals surface area contributed by atoms with Crippen molar-refractivity contribution in [2.24, 2.45) is 5.84 Å². The lowest BCUT2D eigenvalue weighted by Gasteiger charge is -2.24. The van der Waals surface area contributed by atoms with Gasteiger partial charge in [0.2, 0.25) is 5.95 Å². The summed E-state index contributed by atoms with van der Waals surface area (Å²) in [7, 11) is 0. The molecule has 0 unspecified atom stereocenters. The normalized spacial score (nSPS) is 11.1. The van der Waals surface area contributed by atoms with E-state index in [9.17, 15) is 8.78 Å². The average molecular weight is 283 g/mol. The van der Waals surface area contributed by atoms with Crippen LogP contribution in [-0.4, -0.2) is 41.2 Å². The van der Waals surface area contributed by atoms with Gasteiger partial charge in [0.05, 0.1) is 18.7 Å². The molecule has 4 N–H and O–H groups in total. The van der Waals surface area contributed by atoms with Crippen molar-refractivity contribution in [1.29, 1.82) is 0 Å². The summed E-state index contributed by atoms with van der Waals surface area (Å²) in [4.78, 5) is 9.59. The molecule has 0 bridgehead atoms. The minimum Gasteiger partial charge on any atom is -0.395 e. The quantitative estimate of drug-likeness (QED) is 0.541. The first-order chi connectivity index (χ1) is 9.65. The van der Waals surface area contributed by atoms with Crippen molar-refractivity contribution in [3.05, 3.63) is 24.3 Å². The fourth-order valence-corrected chi connectivity index (χ4v) is 1.94. The van der Waals surface area contributed by atoms with Gasteiger partial charge < -0.3 is 10.0 Å². The summed E-state index contributed by atoms with van der Waals surface area (Å²) < 4.78 is 25.3. The molecule has 108 valence electrons. The van der Waals surface area contributed by atoms with Crippen LogP contribution in [0.3, 0.4) is 0 Å². The molecule has 0 saturated heterocycles. The lowest BCUT2D eigenvalue weighted by atomic mass is 10.2. The number of nitrogens with zero attached hydrogens (tertiary/aromatic N) is 3. The number of halogens is 2. The zero-order valence-corrected chi connectivity index (χ0v) is 10.6. The van der Waals surface area contributed by atoms with E-state index in [1.165, 1.54) is 4.90 Å². The number of nitrogens with one attached hydrogen (secondary N) is 1. The molecule has 0 spiro atoms. The van der Waals surface area contributed by atoms with Crippen LogP contribution in [0.2, 0.25) is 0 Å². The number of anilines is 2. The van der Waals surface area contributed by atoms with Crippen LogP contribution in [0.4, 0.5) is 20.5 Å². The van der Waals surface area contributed by atoms with E-state index in [1.807, 2.05) is 0 Å². The topological polar surface area (TPSA) is 87.3 Å². The van der Waals surface area contributed by atoms with E-state index in [0.29, 0.717) is 16.7 Å². The number of hydrazine groups is 1. The summed E-state index contributed by atoms with van der Waals surface area (Å²) in [5.41, 5.74) is 2.90. The van der Waals surface area contributed by atoms with Gasteiger partial charge in [-0.3, -0.25) is 5.43 Å². The molecule has 0 amide bonds. The molecule has 0 radical (unpaired) electrons. The van der Waals surface area contributed by atoms with Gasteiger partial charge in [0.15, 0.2) is 0 Å². The lowest BCUT2D eigenvalue weighted by Crippen LogP contribution is -2.32. The number of alkyl halides is 2. The Bertz CT molecular complexity index is 581. The van der Waals surface area contributed by atoms with E-state index >= 15 is 0 Å². The fraction of sp³-hybridized carbons (Fsp3) is 0.333. The smallest absolute Gasteiger partial charge is 0.255 e. The number of hydrogen-bond acceptors (Lipinski definition) is 6. The molecular weight excluding hydrogens is 268 g/mol. The number of para-hydroxylation sites is 1. The zero-order chi connectivity index (χ0) is 14.5. The highest BCUT2D eigenvalue weighted by molar-refractivity contribution is 5.90. The van der Waals surface area contributed by atoms with Gasteiger partial charge in [0.25, 0.3) is 6.43 Å². The summed E-state index contributed by atoms with van der Waals surface area (Å²) in [6, 6.07) is 7.02. The van der Waals surface area contributed by atoms with Crippen LogP contribution < -0.4 is 16.2 Å². The lowest BCUT2D eigenvalue weighted by molar-refractivity contribution is 0.152. The predicted molar refractivity (Wildman–Crippen MR) is 72.7 cm³/mol. The molecule has 0 aliphatic heterocycles. The van der Waals surface area contributed by atoms with E-state index in [4.69, 9.17) is 10.9 Å². The highest BCUT2D eigenvalue weighted by Gasteiger charge is 2.17. The first-order valence-electron chi connectivity index (χ1n) is 6.03. The van der Waals surface area contributed by atoms with Crippen molar-refractivity contribution in [3.63, 3.8) is 0 Å². The minimum atomic E-state index is -2.54. The fourth-order valence-electron chi connectivity index (χ4n) is 1.94. The maximum atomic E-state index is 12.7. The highest BCUT2D eigenvalue weighted by Crippen LogP contribution is 2.25. The molecule has 0 aliphatic rings. The first kappa shape index (κ1) is 14.4. The predicted octanol–water partition coefficient (Wildman–Crippen LogP) is 0.979. The van der Waals surface area contributed by atoms with Crippen LogP contribution in [0.15, 0.2) is 24.3 Å². The second-order valence-electron chi connectivity index (χ2n) is 4.09. The van der Waals surface area contributed by atoms with Crippen molar-refractivity contribution >= 4 is 22.7 Å². The largest absolute Gasteiger partial charge is 0.395 e. The van der Waals surface area contributed by atoms with Gasteiger partial charge in [-0.1, -0.05) is 12.1 Å². The number of aliphatic hydroxyl groups excluding tert-OH is 1. The van der Waals surface area contributed by atoms with E-state index in [1.54, 1.807) is 24.3 Å². The molecule has 1 heterocycles. The highest BCUT2D eigenvalue weighted by atomic mass is 19.3. The summed E-state index contributed by atoms with van der Waals surface area (Å²) >= 11 is 0. The van der Waals surface area contributed by atoms with Gasteiger partial charge in [0.1, 0.15) is 5.82 Å². The molecule has 8 heteroatoms. The number of nitrogen functional groups attached to an aromatic ring is 1. The number of rotatable bonds is 6. The van der Waals surface area contributed by atoms with Gasteiger partial charge in [0, 0.05) is 11.9 Å². The molecule has 0 atom stereocenters. The number of aliphatic hydroxyl groups is 1. The third-order valence-corrected chi connectivity index (χ3v) is 2.74. The van der Waals surface area contributed by atoms with Gasteiger partial charge in [-0.15, -0.1) is 0 Å². The monoisotopic (exact) mass is 283 g/mol. The Morgan fingerprint density at radius 3 is 2.70 bits per heavy atom. The standard InChI is InChI=1S/C12H15F2N5O/c13-10(14)7-19(5-6-20)11-8-3-1-2-4-9(8)16-12(17-11)18-15/h1-4,10,20H,5-7,15H2,(H,16,17,18). The third kappa shape index (κ3) is 3.09. The molecule has 20 heavy (non-hydrogen) atoms. The number of fused-ring (bicyclic) bond motifs is 1. The van der Waals surface area contributed by atoms with Crippen LogP contribution in [0.25, 0.3) is 10.9 Å². The summed E-state index contributed by atoms with van der Waals surface area (Å²) in [5.74, 6) is 5.75. The Balaban J connectivity index is 2.53. The first-order valence-corrected chi connectivity index (χ1v) is 6.03. The van der Waals surface area contributed by atoms with Crippen molar-refractivity contribution in [3.8, 4) is 0 Å². The number of hydrogen-bond donors (Lipinski definition) is 3. The number of aromatic nitrogens is 2. The Kier molecular flexibility index (Phi) is 4.59. The Morgan fingerprint density at radius 1 is 1.30 bits per heavy atom.